The van der Waals surface area contributed by atoms with Gasteiger partial charge in [-0.05, 0) is 13.0 Å². The number of sulfone groups is 1. The highest BCUT2D eigenvalue weighted by atomic mass is 32.2. The summed E-state index contributed by atoms with van der Waals surface area (Å²) in [4.78, 5) is 25.7. The first-order valence-corrected chi connectivity index (χ1v) is 9.03. The van der Waals surface area contributed by atoms with E-state index in [9.17, 15) is 23.3 Å². The van der Waals surface area contributed by atoms with Crippen molar-refractivity contribution < 1.29 is 22.9 Å². The van der Waals surface area contributed by atoms with Gasteiger partial charge in [0.15, 0.2) is 9.84 Å². The maximum Gasteiger partial charge on any atom is 0.325 e. The van der Waals surface area contributed by atoms with Gasteiger partial charge in [0.1, 0.15) is 12.2 Å². The van der Waals surface area contributed by atoms with Gasteiger partial charge in [-0.1, -0.05) is 0 Å². The molecule has 10 nitrogen and oxygen atoms in total. The number of benzene rings is 1. The molecule has 0 saturated carbocycles. The molecule has 0 aliphatic carbocycles. The van der Waals surface area contributed by atoms with Crippen LogP contribution in [0.15, 0.2) is 35.7 Å². The van der Waals surface area contributed by atoms with Gasteiger partial charge < -0.3 is 14.6 Å². The number of hydrogen-bond donors (Lipinski definition) is 1. The number of carbonyl (C=O) groups is 1. The standard InChI is InChI=1S/C14H16N4O6S/c1-3-24-14(19)8-16-10-6-12(17-5-4-15-9-17)13(25(2,22)23)7-11(10)18(20)21/h4-7,9,16H,3,8H2,1-2H3. The Morgan fingerprint density at radius 2 is 2.16 bits per heavy atom. The van der Waals surface area contributed by atoms with Crippen LogP contribution in [0.2, 0.25) is 0 Å². The number of rotatable bonds is 7. The highest BCUT2D eigenvalue weighted by Gasteiger charge is 2.24. The monoisotopic (exact) mass is 368 g/mol. The van der Waals surface area contributed by atoms with Gasteiger partial charge in [0.05, 0.1) is 28.4 Å². The predicted octanol–water partition coefficient (Wildman–Crippen LogP) is 1.16. The van der Waals surface area contributed by atoms with E-state index in [0.717, 1.165) is 12.3 Å². The fraction of sp³-hybridized carbons (Fsp3) is 0.286. The van der Waals surface area contributed by atoms with Crippen molar-refractivity contribution in [2.45, 2.75) is 11.8 Å². The SMILES string of the molecule is CCOC(=O)CNc1cc(-n2ccnc2)c(S(C)(=O)=O)cc1[N+](=O)[O-]. The lowest BCUT2D eigenvalue weighted by atomic mass is 10.2. The highest BCUT2D eigenvalue weighted by molar-refractivity contribution is 7.90. The fourth-order valence-corrected chi connectivity index (χ4v) is 3.00. The van der Waals surface area contributed by atoms with Crippen molar-refractivity contribution in [2.75, 3.05) is 24.7 Å². The molecule has 2 aromatic rings. The third-order valence-corrected chi connectivity index (χ3v) is 4.31. The smallest absolute Gasteiger partial charge is 0.325 e. The van der Waals surface area contributed by atoms with Crippen molar-refractivity contribution in [3.05, 3.63) is 41.0 Å². The Kier molecular flexibility index (Phi) is 5.37. The van der Waals surface area contributed by atoms with Crippen molar-refractivity contribution in [3.63, 3.8) is 0 Å². The van der Waals surface area contributed by atoms with Gasteiger partial charge >= 0.3 is 5.97 Å². The number of nitro groups is 1. The molecule has 2 rings (SSSR count). The van der Waals surface area contributed by atoms with Crippen LogP contribution in [0.25, 0.3) is 5.69 Å². The summed E-state index contributed by atoms with van der Waals surface area (Å²) in [6.07, 6.45) is 5.27. The van der Waals surface area contributed by atoms with Crippen LogP contribution in [0, 0.1) is 10.1 Å². The maximum absolute atomic E-state index is 12.0. The number of nitro benzene ring substituents is 1. The summed E-state index contributed by atoms with van der Waals surface area (Å²) < 4.78 is 30.2. The molecule has 0 spiro atoms. The first-order valence-electron chi connectivity index (χ1n) is 7.14. The molecule has 0 bridgehead atoms. The van der Waals surface area contributed by atoms with Crippen molar-refractivity contribution in [1.82, 2.24) is 9.55 Å². The molecule has 1 N–H and O–H groups in total. The lowest BCUT2D eigenvalue weighted by Gasteiger charge is -2.13. The molecule has 25 heavy (non-hydrogen) atoms. The zero-order valence-electron chi connectivity index (χ0n) is 13.5. The molecule has 0 aliphatic heterocycles. The number of aromatic nitrogens is 2. The van der Waals surface area contributed by atoms with Crippen molar-refractivity contribution in [3.8, 4) is 5.69 Å². The summed E-state index contributed by atoms with van der Waals surface area (Å²) >= 11 is 0. The predicted molar refractivity (Wildman–Crippen MR) is 88.5 cm³/mol. The topological polar surface area (TPSA) is 133 Å². The van der Waals surface area contributed by atoms with Crippen LogP contribution in [0.4, 0.5) is 11.4 Å². The Labute approximate surface area is 143 Å². The van der Waals surface area contributed by atoms with E-state index in [1.54, 1.807) is 6.92 Å². The summed E-state index contributed by atoms with van der Waals surface area (Å²) in [6, 6.07) is 2.24. The van der Waals surface area contributed by atoms with Crippen LogP contribution in [0.5, 0.6) is 0 Å². The molecule has 0 amide bonds. The van der Waals surface area contributed by atoms with Crippen LogP contribution < -0.4 is 5.32 Å². The third kappa shape index (κ3) is 4.32. The van der Waals surface area contributed by atoms with Gasteiger partial charge in [0.2, 0.25) is 0 Å². The Hall–Kier alpha value is -2.95. The second-order valence-electron chi connectivity index (χ2n) is 4.99. The molecular weight excluding hydrogens is 352 g/mol. The number of hydrogen-bond acceptors (Lipinski definition) is 8. The van der Waals surface area contributed by atoms with E-state index in [1.165, 1.54) is 29.4 Å². The van der Waals surface area contributed by atoms with Crippen molar-refractivity contribution in [1.29, 1.82) is 0 Å². The molecule has 0 unspecified atom stereocenters. The van der Waals surface area contributed by atoms with Crippen molar-refractivity contribution in [2.24, 2.45) is 0 Å². The van der Waals surface area contributed by atoms with Gasteiger partial charge in [-0.25, -0.2) is 13.4 Å². The molecule has 0 fully saturated rings. The second-order valence-corrected chi connectivity index (χ2v) is 6.98. The summed E-state index contributed by atoms with van der Waals surface area (Å²) in [5, 5.41) is 13.9. The Morgan fingerprint density at radius 1 is 1.44 bits per heavy atom. The second kappa shape index (κ2) is 7.30. The van der Waals surface area contributed by atoms with Crippen LogP contribution >= 0.6 is 0 Å². The van der Waals surface area contributed by atoms with E-state index in [0.29, 0.717) is 0 Å². The van der Waals surface area contributed by atoms with E-state index in [-0.39, 0.29) is 29.4 Å². The van der Waals surface area contributed by atoms with E-state index < -0.39 is 26.4 Å². The molecule has 1 heterocycles. The van der Waals surface area contributed by atoms with Crippen LogP contribution in [-0.2, 0) is 19.4 Å². The summed E-state index contributed by atoms with van der Waals surface area (Å²) in [7, 11) is -3.74. The molecule has 134 valence electrons. The summed E-state index contributed by atoms with van der Waals surface area (Å²) in [5.41, 5.74) is -0.292. The first-order chi connectivity index (χ1) is 11.7. The number of ether oxygens (including phenoxy) is 1. The average Bonchev–Trinajstić information content (AvgIpc) is 3.05. The van der Waals surface area contributed by atoms with Gasteiger partial charge in [-0.15, -0.1) is 0 Å². The van der Waals surface area contributed by atoms with Gasteiger partial charge in [-0.3, -0.25) is 14.9 Å². The number of imidazole rings is 1. The maximum atomic E-state index is 12.0. The first kappa shape index (κ1) is 18.4. The number of carbonyl (C=O) groups excluding carboxylic acids is 1. The fourth-order valence-electron chi connectivity index (χ4n) is 2.13. The average molecular weight is 368 g/mol. The summed E-state index contributed by atoms with van der Waals surface area (Å²) in [6.45, 7) is 1.52. The van der Waals surface area contributed by atoms with E-state index >= 15 is 0 Å². The number of nitrogens with one attached hydrogen (secondary N) is 1. The number of nitrogens with zero attached hydrogens (tertiary/aromatic N) is 3. The molecular formula is C14H16N4O6S. The third-order valence-electron chi connectivity index (χ3n) is 3.18. The lowest BCUT2D eigenvalue weighted by Crippen LogP contribution is -2.18. The zero-order valence-corrected chi connectivity index (χ0v) is 14.3. The lowest BCUT2D eigenvalue weighted by molar-refractivity contribution is -0.384. The van der Waals surface area contributed by atoms with Crippen LogP contribution in [0.3, 0.4) is 0 Å². The van der Waals surface area contributed by atoms with Crippen LogP contribution in [-0.4, -0.2) is 48.3 Å². The Balaban J connectivity index is 2.57. The largest absolute Gasteiger partial charge is 0.465 e. The Morgan fingerprint density at radius 3 is 2.68 bits per heavy atom. The van der Waals surface area contributed by atoms with Gasteiger partial charge in [-0.2, -0.15) is 0 Å². The zero-order chi connectivity index (χ0) is 18.6. The molecule has 0 atom stereocenters. The molecule has 0 radical (unpaired) electrons. The Bertz CT molecular complexity index is 892. The van der Waals surface area contributed by atoms with E-state index in [4.69, 9.17) is 4.74 Å². The molecule has 0 saturated heterocycles. The minimum absolute atomic E-state index is 0.00541. The quantitative estimate of drug-likeness (QED) is 0.437. The minimum Gasteiger partial charge on any atom is -0.465 e. The van der Waals surface area contributed by atoms with E-state index in [2.05, 4.69) is 10.3 Å². The van der Waals surface area contributed by atoms with Crippen molar-refractivity contribution >= 4 is 27.2 Å². The van der Waals surface area contributed by atoms with Gasteiger partial charge in [0, 0.05) is 24.7 Å². The van der Waals surface area contributed by atoms with E-state index in [1.807, 2.05) is 0 Å². The van der Waals surface area contributed by atoms with Crippen LogP contribution in [0.1, 0.15) is 6.92 Å². The summed E-state index contributed by atoms with van der Waals surface area (Å²) in [5.74, 6) is -0.590. The molecule has 1 aromatic heterocycles. The number of anilines is 1. The van der Waals surface area contributed by atoms with Gasteiger partial charge in [0.25, 0.3) is 5.69 Å². The molecule has 0 aliphatic rings. The normalized spacial score (nSPS) is 11.1. The molecule has 11 heteroatoms. The number of esters is 1. The highest BCUT2D eigenvalue weighted by Crippen LogP contribution is 2.33. The molecule has 1 aromatic carbocycles. The minimum atomic E-state index is -3.74.